The Kier molecular flexibility index (Phi) is 2.61. The summed E-state index contributed by atoms with van der Waals surface area (Å²) in [6.07, 6.45) is 5.83. The average molecular weight is 183 g/mol. The highest BCUT2D eigenvalue weighted by molar-refractivity contribution is 4.96. The Morgan fingerprint density at radius 2 is 1.69 bits per heavy atom. The van der Waals surface area contributed by atoms with E-state index in [9.17, 15) is 0 Å². The standard InChI is InChI=1S/C11H21NO/c1-8(2)12-9-4-5-10(12)7-11(6-9)13-3/h8-11H,4-7H2,1-3H3/t9-,10?,11?/m1/s1. The first-order chi connectivity index (χ1) is 6.22. The summed E-state index contributed by atoms with van der Waals surface area (Å²) in [5, 5.41) is 0. The molecule has 2 heterocycles. The van der Waals surface area contributed by atoms with Crippen molar-refractivity contribution in [3.05, 3.63) is 0 Å². The minimum absolute atomic E-state index is 0.535. The normalized spacial score (nSPS) is 40.2. The molecule has 0 amide bonds. The van der Waals surface area contributed by atoms with E-state index in [1.165, 1.54) is 25.7 Å². The molecule has 0 aromatic rings. The molecule has 2 unspecified atom stereocenters. The van der Waals surface area contributed by atoms with Gasteiger partial charge in [0.05, 0.1) is 6.10 Å². The molecule has 2 aliphatic heterocycles. The SMILES string of the molecule is COC1CC2CC[C@H](C1)N2C(C)C. The molecule has 3 atom stereocenters. The maximum Gasteiger partial charge on any atom is 0.0601 e. The number of hydrogen-bond acceptors (Lipinski definition) is 2. The molecule has 76 valence electrons. The maximum atomic E-state index is 5.47. The van der Waals surface area contributed by atoms with Crippen LogP contribution in [-0.2, 0) is 4.74 Å². The Bertz CT molecular complexity index is 167. The van der Waals surface area contributed by atoms with E-state index >= 15 is 0 Å². The van der Waals surface area contributed by atoms with Crippen LogP contribution in [0.3, 0.4) is 0 Å². The molecule has 0 saturated carbocycles. The molecule has 2 saturated heterocycles. The van der Waals surface area contributed by atoms with Gasteiger partial charge in [-0.1, -0.05) is 0 Å². The van der Waals surface area contributed by atoms with Gasteiger partial charge in [-0.25, -0.2) is 0 Å². The van der Waals surface area contributed by atoms with Crippen molar-refractivity contribution in [3.8, 4) is 0 Å². The quantitative estimate of drug-likeness (QED) is 0.649. The minimum Gasteiger partial charge on any atom is -0.381 e. The number of fused-ring (bicyclic) bond motifs is 2. The first-order valence-electron chi connectivity index (χ1n) is 5.52. The largest absolute Gasteiger partial charge is 0.381 e. The van der Waals surface area contributed by atoms with Crippen LogP contribution in [0.1, 0.15) is 39.5 Å². The Morgan fingerprint density at radius 1 is 1.15 bits per heavy atom. The van der Waals surface area contributed by atoms with E-state index in [1.54, 1.807) is 0 Å². The molecule has 0 spiro atoms. The van der Waals surface area contributed by atoms with Crippen LogP contribution in [0, 0.1) is 0 Å². The Hall–Kier alpha value is -0.0800. The zero-order valence-electron chi connectivity index (χ0n) is 8.99. The highest BCUT2D eigenvalue weighted by atomic mass is 16.5. The fourth-order valence-electron chi connectivity index (χ4n) is 3.20. The van der Waals surface area contributed by atoms with Crippen LogP contribution < -0.4 is 0 Å². The van der Waals surface area contributed by atoms with Gasteiger partial charge >= 0.3 is 0 Å². The van der Waals surface area contributed by atoms with Crippen LogP contribution in [0.2, 0.25) is 0 Å². The molecule has 0 radical (unpaired) electrons. The fourth-order valence-corrected chi connectivity index (χ4v) is 3.20. The van der Waals surface area contributed by atoms with E-state index in [-0.39, 0.29) is 0 Å². The molecule has 2 nitrogen and oxygen atoms in total. The molecule has 2 rings (SSSR count). The Morgan fingerprint density at radius 3 is 2.08 bits per heavy atom. The van der Waals surface area contributed by atoms with Gasteiger partial charge < -0.3 is 4.74 Å². The van der Waals surface area contributed by atoms with Crippen LogP contribution >= 0.6 is 0 Å². The van der Waals surface area contributed by atoms with Crippen molar-refractivity contribution in [2.75, 3.05) is 7.11 Å². The fraction of sp³-hybridized carbons (Fsp3) is 1.00. The summed E-state index contributed by atoms with van der Waals surface area (Å²) in [6, 6.07) is 2.34. The molecule has 2 aliphatic rings. The molecule has 2 bridgehead atoms. The van der Waals surface area contributed by atoms with E-state index < -0.39 is 0 Å². The predicted octanol–water partition coefficient (Wildman–Crippen LogP) is 2.04. The van der Waals surface area contributed by atoms with Gasteiger partial charge in [0.1, 0.15) is 0 Å². The van der Waals surface area contributed by atoms with Crippen molar-refractivity contribution in [1.82, 2.24) is 4.90 Å². The van der Waals surface area contributed by atoms with Gasteiger partial charge in [-0.3, -0.25) is 4.90 Å². The molecule has 2 heteroatoms. The van der Waals surface area contributed by atoms with Gasteiger partial charge in [-0.2, -0.15) is 0 Å². The lowest BCUT2D eigenvalue weighted by atomic mass is 9.98. The number of hydrogen-bond donors (Lipinski definition) is 0. The summed E-state index contributed by atoms with van der Waals surface area (Å²) < 4.78 is 5.47. The monoisotopic (exact) mass is 183 g/mol. The predicted molar refractivity (Wildman–Crippen MR) is 53.8 cm³/mol. The molecular weight excluding hydrogens is 162 g/mol. The number of piperidine rings is 1. The second-order valence-electron chi connectivity index (χ2n) is 4.76. The zero-order valence-corrected chi connectivity index (χ0v) is 8.99. The van der Waals surface area contributed by atoms with Crippen LogP contribution in [0.5, 0.6) is 0 Å². The smallest absolute Gasteiger partial charge is 0.0601 e. The van der Waals surface area contributed by atoms with Crippen molar-refractivity contribution < 1.29 is 4.74 Å². The third-order valence-corrected chi connectivity index (χ3v) is 3.68. The summed E-state index contributed by atoms with van der Waals surface area (Å²) in [5.41, 5.74) is 0. The van der Waals surface area contributed by atoms with Crippen molar-refractivity contribution in [2.45, 2.75) is 63.8 Å². The first kappa shape index (κ1) is 9.47. The highest BCUT2D eigenvalue weighted by Crippen LogP contribution is 2.37. The lowest BCUT2D eigenvalue weighted by Crippen LogP contribution is -2.48. The van der Waals surface area contributed by atoms with Crippen molar-refractivity contribution in [2.24, 2.45) is 0 Å². The van der Waals surface area contributed by atoms with Gasteiger partial charge in [0.2, 0.25) is 0 Å². The van der Waals surface area contributed by atoms with Gasteiger partial charge in [0.25, 0.3) is 0 Å². The summed E-state index contributed by atoms with van der Waals surface area (Å²) in [4.78, 5) is 2.70. The number of nitrogens with zero attached hydrogens (tertiary/aromatic N) is 1. The van der Waals surface area contributed by atoms with Gasteiger partial charge in [-0.15, -0.1) is 0 Å². The van der Waals surface area contributed by atoms with Crippen molar-refractivity contribution in [1.29, 1.82) is 0 Å². The number of methoxy groups -OCH3 is 1. The third-order valence-electron chi connectivity index (χ3n) is 3.68. The van der Waals surface area contributed by atoms with Crippen LogP contribution in [0.25, 0.3) is 0 Å². The van der Waals surface area contributed by atoms with Crippen LogP contribution in [-0.4, -0.2) is 36.2 Å². The third kappa shape index (κ3) is 1.62. The Balaban J connectivity index is 2.04. The number of rotatable bonds is 2. The Labute approximate surface area is 81.3 Å². The van der Waals surface area contributed by atoms with Gasteiger partial charge in [-0.05, 0) is 39.5 Å². The number of ether oxygens (including phenoxy) is 1. The average Bonchev–Trinajstić information content (AvgIpc) is 2.37. The summed E-state index contributed by atoms with van der Waals surface area (Å²) >= 11 is 0. The second-order valence-corrected chi connectivity index (χ2v) is 4.76. The lowest BCUT2D eigenvalue weighted by molar-refractivity contribution is -0.00637. The zero-order chi connectivity index (χ0) is 9.42. The second kappa shape index (κ2) is 3.58. The molecule has 0 N–H and O–H groups in total. The van der Waals surface area contributed by atoms with Crippen molar-refractivity contribution >= 4 is 0 Å². The first-order valence-corrected chi connectivity index (χ1v) is 5.52. The molecule has 0 aromatic heterocycles. The van der Waals surface area contributed by atoms with E-state index in [0.29, 0.717) is 6.10 Å². The van der Waals surface area contributed by atoms with E-state index in [1.807, 2.05) is 7.11 Å². The lowest BCUT2D eigenvalue weighted by Gasteiger charge is -2.40. The summed E-state index contributed by atoms with van der Waals surface area (Å²) in [5.74, 6) is 0. The highest BCUT2D eigenvalue weighted by Gasteiger charge is 2.41. The maximum absolute atomic E-state index is 5.47. The van der Waals surface area contributed by atoms with E-state index in [0.717, 1.165) is 18.1 Å². The molecule has 0 aromatic carbocycles. The van der Waals surface area contributed by atoms with E-state index in [2.05, 4.69) is 18.7 Å². The minimum atomic E-state index is 0.535. The topological polar surface area (TPSA) is 12.5 Å². The molecule has 2 fully saturated rings. The molecular formula is C11H21NO. The van der Waals surface area contributed by atoms with Crippen LogP contribution in [0.4, 0.5) is 0 Å². The van der Waals surface area contributed by atoms with Crippen LogP contribution in [0.15, 0.2) is 0 Å². The molecule has 13 heavy (non-hydrogen) atoms. The van der Waals surface area contributed by atoms with Crippen molar-refractivity contribution in [3.63, 3.8) is 0 Å². The van der Waals surface area contributed by atoms with Gasteiger partial charge in [0.15, 0.2) is 0 Å². The summed E-state index contributed by atoms with van der Waals surface area (Å²) in [6.45, 7) is 4.64. The van der Waals surface area contributed by atoms with Gasteiger partial charge in [0, 0.05) is 25.2 Å². The molecule has 0 aliphatic carbocycles. The van der Waals surface area contributed by atoms with E-state index in [4.69, 9.17) is 4.74 Å². The summed E-state index contributed by atoms with van der Waals surface area (Å²) in [7, 11) is 1.86.